The summed E-state index contributed by atoms with van der Waals surface area (Å²) in [6.45, 7) is 1.46. The summed E-state index contributed by atoms with van der Waals surface area (Å²) >= 11 is 0. The van der Waals surface area contributed by atoms with E-state index in [9.17, 15) is 13.2 Å². The van der Waals surface area contributed by atoms with Gasteiger partial charge in [0.15, 0.2) is 0 Å². The van der Waals surface area contributed by atoms with Crippen molar-refractivity contribution in [2.75, 3.05) is 31.6 Å². The molecule has 1 aliphatic heterocycles. The number of nitrogens with two attached hydrogens (primary N) is 1. The minimum atomic E-state index is -4.36. The summed E-state index contributed by atoms with van der Waals surface area (Å²) in [6.07, 6.45) is -2.20. The molecule has 2 N–H and O–H groups in total. The Kier molecular flexibility index (Phi) is 5.11. The fourth-order valence-corrected chi connectivity index (χ4v) is 2.76. The third kappa shape index (κ3) is 3.89. The Hall–Kier alpha value is -1.27. The van der Waals surface area contributed by atoms with Gasteiger partial charge in [-0.05, 0) is 43.5 Å². The molecule has 0 aliphatic carbocycles. The minimum Gasteiger partial charge on any atom is -0.380 e. The Bertz CT molecular complexity index is 476. The van der Waals surface area contributed by atoms with E-state index in [-0.39, 0.29) is 11.8 Å². The third-order valence-electron chi connectivity index (χ3n) is 3.85. The first-order valence-electron chi connectivity index (χ1n) is 7.13. The lowest BCUT2D eigenvalue weighted by Gasteiger charge is -2.35. The topological polar surface area (TPSA) is 38.5 Å². The number of rotatable bonds is 4. The average molecular weight is 302 g/mol. The maximum Gasteiger partial charge on any atom is 0.418 e. The number of alkyl halides is 3. The quantitative estimate of drug-likeness (QED) is 0.929. The molecule has 1 heterocycles. The summed E-state index contributed by atoms with van der Waals surface area (Å²) in [5.41, 5.74) is 5.71. The third-order valence-corrected chi connectivity index (χ3v) is 3.85. The summed E-state index contributed by atoms with van der Waals surface area (Å²) in [4.78, 5) is 1.77. The molecule has 1 unspecified atom stereocenters. The second kappa shape index (κ2) is 6.66. The number of anilines is 1. The Morgan fingerprint density at radius 3 is 2.76 bits per heavy atom. The van der Waals surface area contributed by atoms with E-state index >= 15 is 0 Å². The van der Waals surface area contributed by atoms with Crippen LogP contribution in [0, 0.1) is 0 Å². The predicted molar refractivity (Wildman–Crippen MR) is 76.4 cm³/mol. The van der Waals surface area contributed by atoms with Gasteiger partial charge in [0.1, 0.15) is 0 Å². The molecule has 1 atom stereocenters. The van der Waals surface area contributed by atoms with E-state index in [2.05, 4.69) is 0 Å². The van der Waals surface area contributed by atoms with Crippen LogP contribution in [0.2, 0.25) is 0 Å². The highest BCUT2D eigenvalue weighted by Crippen LogP contribution is 2.38. The van der Waals surface area contributed by atoms with Crippen molar-refractivity contribution in [2.24, 2.45) is 5.73 Å². The smallest absolute Gasteiger partial charge is 0.380 e. The van der Waals surface area contributed by atoms with E-state index in [1.54, 1.807) is 24.1 Å². The molecule has 0 saturated carbocycles. The van der Waals surface area contributed by atoms with E-state index in [0.717, 1.165) is 12.8 Å². The van der Waals surface area contributed by atoms with Gasteiger partial charge in [-0.3, -0.25) is 0 Å². The van der Waals surface area contributed by atoms with E-state index in [1.807, 2.05) is 0 Å². The molecule has 0 aromatic heterocycles. The number of hydrogen-bond donors (Lipinski definition) is 1. The lowest BCUT2D eigenvalue weighted by molar-refractivity contribution is -0.137. The fourth-order valence-electron chi connectivity index (χ4n) is 2.76. The SMILES string of the molecule is COC1CCCN(c2ccc(CCN)cc2C(F)(F)F)C1. The highest BCUT2D eigenvalue weighted by molar-refractivity contribution is 5.57. The molecule has 1 fully saturated rings. The number of nitrogens with zero attached hydrogens (tertiary/aromatic N) is 1. The van der Waals surface area contributed by atoms with Crippen molar-refractivity contribution in [3.8, 4) is 0 Å². The van der Waals surface area contributed by atoms with Crippen LogP contribution in [0.25, 0.3) is 0 Å². The van der Waals surface area contributed by atoms with Gasteiger partial charge < -0.3 is 15.4 Å². The lowest BCUT2D eigenvalue weighted by Crippen LogP contribution is -2.40. The van der Waals surface area contributed by atoms with E-state index in [0.29, 0.717) is 31.6 Å². The van der Waals surface area contributed by atoms with Gasteiger partial charge in [-0.15, -0.1) is 0 Å². The van der Waals surface area contributed by atoms with Gasteiger partial charge in [0.05, 0.1) is 11.7 Å². The van der Waals surface area contributed by atoms with Gasteiger partial charge in [0, 0.05) is 25.9 Å². The Balaban J connectivity index is 2.33. The predicted octanol–water partition coefficient (Wildman–Crippen LogP) is 2.82. The molecule has 3 nitrogen and oxygen atoms in total. The first-order valence-corrected chi connectivity index (χ1v) is 7.13. The molecular formula is C15H21F3N2O. The van der Waals surface area contributed by atoms with Gasteiger partial charge in [-0.25, -0.2) is 0 Å². The summed E-state index contributed by atoms with van der Waals surface area (Å²) in [5.74, 6) is 0. The Labute approximate surface area is 122 Å². The minimum absolute atomic E-state index is 0.0106. The summed E-state index contributed by atoms with van der Waals surface area (Å²) in [5, 5.41) is 0. The largest absolute Gasteiger partial charge is 0.418 e. The van der Waals surface area contributed by atoms with Crippen molar-refractivity contribution >= 4 is 5.69 Å². The standard InChI is InChI=1S/C15H21F3N2O/c1-21-12-3-2-8-20(10-12)14-5-4-11(6-7-19)9-13(14)15(16,17)18/h4-5,9,12H,2-3,6-8,10,19H2,1H3. The molecule has 0 spiro atoms. The molecule has 1 aliphatic rings. The summed E-state index contributed by atoms with van der Waals surface area (Å²) in [7, 11) is 1.60. The molecule has 0 radical (unpaired) electrons. The molecule has 1 saturated heterocycles. The molecule has 1 aromatic carbocycles. The van der Waals surface area contributed by atoms with Crippen molar-refractivity contribution in [1.29, 1.82) is 0 Å². The van der Waals surface area contributed by atoms with Crippen LogP contribution in [0.3, 0.4) is 0 Å². The molecule has 0 bridgehead atoms. The second-order valence-corrected chi connectivity index (χ2v) is 5.33. The van der Waals surface area contributed by atoms with Crippen LogP contribution >= 0.6 is 0 Å². The van der Waals surface area contributed by atoms with Crippen molar-refractivity contribution in [3.63, 3.8) is 0 Å². The first kappa shape index (κ1) is 16.1. The monoisotopic (exact) mass is 302 g/mol. The van der Waals surface area contributed by atoms with E-state index in [1.165, 1.54) is 6.07 Å². The number of methoxy groups -OCH3 is 1. The first-order chi connectivity index (χ1) is 9.95. The van der Waals surface area contributed by atoms with Gasteiger partial charge in [0.2, 0.25) is 0 Å². The lowest BCUT2D eigenvalue weighted by atomic mass is 10.0. The van der Waals surface area contributed by atoms with Crippen molar-refractivity contribution < 1.29 is 17.9 Å². The number of hydrogen-bond acceptors (Lipinski definition) is 3. The fraction of sp³-hybridized carbons (Fsp3) is 0.600. The number of piperidine rings is 1. The highest BCUT2D eigenvalue weighted by Gasteiger charge is 2.36. The maximum absolute atomic E-state index is 13.3. The zero-order valence-electron chi connectivity index (χ0n) is 12.1. The number of benzene rings is 1. The molecule has 0 amide bonds. The molecular weight excluding hydrogens is 281 g/mol. The van der Waals surface area contributed by atoms with E-state index in [4.69, 9.17) is 10.5 Å². The molecule has 2 rings (SSSR count). The Morgan fingerprint density at radius 1 is 1.38 bits per heavy atom. The van der Waals surface area contributed by atoms with Crippen LogP contribution < -0.4 is 10.6 Å². The average Bonchev–Trinajstić information content (AvgIpc) is 2.47. The van der Waals surface area contributed by atoms with Gasteiger partial charge in [-0.1, -0.05) is 6.07 Å². The molecule has 118 valence electrons. The van der Waals surface area contributed by atoms with Crippen LogP contribution in [-0.2, 0) is 17.3 Å². The van der Waals surface area contributed by atoms with Crippen LogP contribution in [0.1, 0.15) is 24.0 Å². The van der Waals surface area contributed by atoms with Gasteiger partial charge in [-0.2, -0.15) is 13.2 Å². The second-order valence-electron chi connectivity index (χ2n) is 5.33. The normalized spacial score (nSPS) is 19.9. The van der Waals surface area contributed by atoms with Gasteiger partial charge in [0.25, 0.3) is 0 Å². The van der Waals surface area contributed by atoms with Crippen molar-refractivity contribution in [2.45, 2.75) is 31.5 Å². The Morgan fingerprint density at radius 2 is 2.14 bits per heavy atom. The number of halogens is 3. The summed E-state index contributed by atoms with van der Waals surface area (Å²) in [6, 6.07) is 4.51. The van der Waals surface area contributed by atoms with Gasteiger partial charge >= 0.3 is 6.18 Å². The van der Waals surface area contributed by atoms with Crippen LogP contribution in [0.15, 0.2) is 18.2 Å². The van der Waals surface area contributed by atoms with Crippen LogP contribution in [0.4, 0.5) is 18.9 Å². The molecule has 21 heavy (non-hydrogen) atoms. The van der Waals surface area contributed by atoms with E-state index < -0.39 is 11.7 Å². The molecule has 1 aromatic rings. The maximum atomic E-state index is 13.3. The zero-order valence-corrected chi connectivity index (χ0v) is 12.1. The van der Waals surface area contributed by atoms with Crippen LogP contribution in [0.5, 0.6) is 0 Å². The highest BCUT2D eigenvalue weighted by atomic mass is 19.4. The van der Waals surface area contributed by atoms with Crippen molar-refractivity contribution in [1.82, 2.24) is 0 Å². The molecule has 6 heteroatoms. The summed E-state index contributed by atoms with van der Waals surface area (Å²) < 4.78 is 45.2. The van der Waals surface area contributed by atoms with Crippen LogP contribution in [-0.4, -0.2) is 32.8 Å². The number of ether oxygens (including phenoxy) is 1. The van der Waals surface area contributed by atoms with Crippen molar-refractivity contribution in [3.05, 3.63) is 29.3 Å². The zero-order chi connectivity index (χ0) is 15.5.